The fourth-order valence-electron chi connectivity index (χ4n) is 3.11. The lowest BCUT2D eigenvalue weighted by atomic mass is 10.1. The highest BCUT2D eigenvalue weighted by Gasteiger charge is 2.24. The number of anilines is 1. The van der Waals surface area contributed by atoms with E-state index in [9.17, 15) is 9.59 Å². The summed E-state index contributed by atoms with van der Waals surface area (Å²) >= 11 is 8.01. The van der Waals surface area contributed by atoms with Gasteiger partial charge in [0, 0.05) is 24.4 Å². The number of thiophene rings is 1. The minimum absolute atomic E-state index is 0.0829. The Morgan fingerprint density at radius 1 is 1.24 bits per heavy atom. The number of carbonyl (C=O) groups is 2. The molecule has 1 amide bonds. The smallest absolute Gasteiger partial charge is 0.357 e. The van der Waals surface area contributed by atoms with Crippen molar-refractivity contribution in [3.05, 3.63) is 62.3 Å². The molecule has 174 valence electrons. The minimum Gasteiger partial charge on any atom is -0.461 e. The lowest BCUT2D eigenvalue weighted by Gasteiger charge is -2.12. The number of hydrogen-bond acceptors (Lipinski definition) is 5. The van der Waals surface area contributed by atoms with Crippen molar-refractivity contribution in [3.63, 3.8) is 0 Å². The molecule has 0 aliphatic carbocycles. The maximum absolute atomic E-state index is 12.7. The van der Waals surface area contributed by atoms with Crippen molar-refractivity contribution in [1.29, 1.82) is 5.26 Å². The van der Waals surface area contributed by atoms with Crippen LogP contribution in [-0.2, 0) is 9.53 Å². The van der Waals surface area contributed by atoms with Crippen LogP contribution in [0.1, 0.15) is 49.0 Å². The maximum atomic E-state index is 12.7. The molecule has 7 nitrogen and oxygen atoms in total. The van der Waals surface area contributed by atoms with Gasteiger partial charge in [0.15, 0.2) is 10.6 Å². The molecule has 9 heteroatoms. The number of benzene rings is 1. The molecule has 0 bridgehead atoms. The van der Waals surface area contributed by atoms with E-state index in [-0.39, 0.29) is 35.6 Å². The van der Waals surface area contributed by atoms with Crippen LogP contribution in [0.2, 0.25) is 5.15 Å². The Bertz CT molecular complexity index is 1290. The van der Waals surface area contributed by atoms with Gasteiger partial charge in [0.05, 0.1) is 18.4 Å². The number of aromatic nitrogens is 1. The predicted octanol–water partition coefficient (Wildman–Crippen LogP) is 6.37. The van der Waals surface area contributed by atoms with Crippen molar-refractivity contribution < 1.29 is 14.3 Å². The monoisotopic (exact) mass is 495 g/mol. The molecule has 0 radical (unpaired) electrons. The van der Waals surface area contributed by atoms with Gasteiger partial charge >= 0.3 is 12.0 Å². The summed E-state index contributed by atoms with van der Waals surface area (Å²) in [5.41, 5.74) is 2.91. The SMILES string of the molecule is CCOC(=O)c1c(NC(=O)CC#N)cc(Cl)n1-c1ccc(-c2csc(C#[N+]C(C)CC)c2)cc1. The number of ether oxygens (including phenoxy) is 1. The molecular weight excluding hydrogens is 472 g/mol. The molecule has 2 heterocycles. The number of nitrogens with zero attached hydrogens (tertiary/aromatic N) is 3. The van der Waals surface area contributed by atoms with Crippen LogP contribution in [0, 0.1) is 17.4 Å². The number of esters is 1. The van der Waals surface area contributed by atoms with Gasteiger partial charge in [-0.1, -0.05) is 35.5 Å². The van der Waals surface area contributed by atoms with Crippen LogP contribution in [0.4, 0.5) is 5.69 Å². The quantitative estimate of drug-likeness (QED) is 0.386. The van der Waals surface area contributed by atoms with Crippen LogP contribution in [0.5, 0.6) is 0 Å². The number of carbonyl (C=O) groups excluding carboxylic acids is 2. The van der Waals surface area contributed by atoms with Gasteiger partial charge in [-0.15, -0.1) is 11.3 Å². The van der Waals surface area contributed by atoms with E-state index in [1.165, 1.54) is 10.6 Å². The van der Waals surface area contributed by atoms with Crippen molar-refractivity contribution >= 4 is 40.5 Å². The summed E-state index contributed by atoms with van der Waals surface area (Å²) in [7, 11) is 0. The number of nitrogens with one attached hydrogen (secondary N) is 1. The first-order valence-corrected chi connectivity index (χ1v) is 12.0. The molecule has 1 N–H and O–H groups in total. The molecule has 1 unspecified atom stereocenters. The Balaban J connectivity index is 1.94. The Kier molecular flexibility index (Phi) is 8.48. The fraction of sp³-hybridized carbons (Fsp3) is 0.280. The normalized spacial score (nSPS) is 11.1. The van der Waals surface area contributed by atoms with Gasteiger partial charge in [0.25, 0.3) is 6.04 Å². The highest BCUT2D eigenvalue weighted by atomic mass is 35.5. The highest BCUT2D eigenvalue weighted by Crippen LogP contribution is 2.32. The molecule has 0 spiro atoms. The average molecular weight is 496 g/mol. The zero-order valence-corrected chi connectivity index (χ0v) is 20.7. The summed E-state index contributed by atoms with van der Waals surface area (Å²) in [5, 5.41) is 13.6. The van der Waals surface area contributed by atoms with E-state index in [2.05, 4.69) is 30.1 Å². The molecule has 1 aromatic carbocycles. The molecule has 2 aromatic heterocycles. The lowest BCUT2D eigenvalue weighted by Crippen LogP contribution is -2.17. The fourth-order valence-corrected chi connectivity index (χ4v) is 4.16. The zero-order chi connectivity index (χ0) is 24.7. The number of rotatable bonds is 7. The molecule has 1 atom stereocenters. The molecule has 34 heavy (non-hydrogen) atoms. The van der Waals surface area contributed by atoms with Crippen LogP contribution in [0.3, 0.4) is 0 Å². The van der Waals surface area contributed by atoms with Gasteiger partial charge in [0.2, 0.25) is 5.91 Å². The average Bonchev–Trinajstić information content (AvgIpc) is 3.42. The van der Waals surface area contributed by atoms with Crippen LogP contribution in [0.15, 0.2) is 41.8 Å². The van der Waals surface area contributed by atoms with Crippen molar-refractivity contribution in [2.24, 2.45) is 0 Å². The highest BCUT2D eigenvalue weighted by molar-refractivity contribution is 7.11. The third kappa shape index (κ3) is 5.85. The molecular formula is C25H24ClN4O3S+. The van der Waals surface area contributed by atoms with E-state index >= 15 is 0 Å². The Labute approximate surface area is 207 Å². The third-order valence-electron chi connectivity index (χ3n) is 4.98. The van der Waals surface area contributed by atoms with E-state index in [1.54, 1.807) is 24.3 Å². The van der Waals surface area contributed by atoms with Crippen molar-refractivity contribution in [2.45, 2.75) is 39.7 Å². The van der Waals surface area contributed by atoms with Crippen LogP contribution >= 0.6 is 22.9 Å². The van der Waals surface area contributed by atoms with E-state index in [0.29, 0.717) is 5.69 Å². The van der Waals surface area contributed by atoms with E-state index in [4.69, 9.17) is 21.6 Å². The Hall–Kier alpha value is -3.59. The zero-order valence-electron chi connectivity index (χ0n) is 19.1. The number of amides is 1. The van der Waals surface area contributed by atoms with E-state index < -0.39 is 11.9 Å². The minimum atomic E-state index is -0.635. The second-order valence-electron chi connectivity index (χ2n) is 7.41. The van der Waals surface area contributed by atoms with Gasteiger partial charge in [-0.3, -0.25) is 9.36 Å². The molecule has 3 aromatic rings. The van der Waals surface area contributed by atoms with E-state index in [1.807, 2.05) is 35.7 Å². The molecule has 0 saturated heterocycles. The Morgan fingerprint density at radius 3 is 2.62 bits per heavy atom. The van der Waals surface area contributed by atoms with Gasteiger partial charge in [-0.2, -0.15) is 5.26 Å². The first kappa shape index (κ1) is 25.0. The molecule has 0 saturated carbocycles. The number of halogens is 1. The lowest BCUT2D eigenvalue weighted by molar-refractivity contribution is -0.115. The molecule has 3 rings (SSSR count). The standard InChI is InChI=1S/C25H23ClN4O3S/c1-4-16(3)28-14-20-12-18(15-34-20)17-6-8-19(9-7-17)30-22(26)13-21(29-23(31)10-11-27)24(30)25(32)33-5-2/h6-9,12-13,15-16H,4-5,10H2,1-3H3/p+1. The molecule has 0 aliphatic rings. The first-order chi connectivity index (χ1) is 16.4. The topological polar surface area (TPSA) is 88.5 Å². The third-order valence-corrected chi connectivity index (χ3v) is 6.10. The van der Waals surface area contributed by atoms with Gasteiger partial charge in [-0.05, 0) is 42.3 Å². The second kappa shape index (κ2) is 11.5. The summed E-state index contributed by atoms with van der Waals surface area (Å²) in [6.07, 6.45) is 0.619. The number of nitriles is 1. The van der Waals surface area contributed by atoms with Gasteiger partial charge in [-0.25, -0.2) is 4.79 Å². The van der Waals surface area contributed by atoms with Crippen molar-refractivity contribution in [3.8, 4) is 29.0 Å². The summed E-state index contributed by atoms with van der Waals surface area (Å²) < 4.78 is 6.69. The van der Waals surface area contributed by atoms with Crippen molar-refractivity contribution in [2.75, 3.05) is 11.9 Å². The number of hydrogen-bond donors (Lipinski definition) is 1. The van der Waals surface area contributed by atoms with E-state index in [0.717, 1.165) is 22.4 Å². The largest absolute Gasteiger partial charge is 0.461 e. The summed E-state index contributed by atoms with van der Waals surface area (Å²) in [6.45, 7) is 5.99. The molecule has 0 fully saturated rings. The second-order valence-corrected chi connectivity index (χ2v) is 8.71. The first-order valence-electron chi connectivity index (χ1n) is 10.8. The van der Waals surface area contributed by atoms with Gasteiger partial charge in [0.1, 0.15) is 11.6 Å². The van der Waals surface area contributed by atoms with Crippen molar-refractivity contribution in [1.82, 2.24) is 4.57 Å². The summed E-state index contributed by atoms with van der Waals surface area (Å²) in [5.74, 6) is -1.18. The predicted molar refractivity (Wildman–Crippen MR) is 135 cm³/mol. The van der Waals surface area contributed by atoms with Crippen LogP contribution < -0.4 is 5.32 Å². The Morgan fingerprint density at radius 2 is 1.97 bits per heavy atom. The summed E-state index contributed by atoms with van der Waals surface area (Å²) in [6, 6.07) is 16.1. The van der Waals surface area contributed by atoms with Gasteiger partial charge < -0.3 is 10.1 Å². The van der Waals surface area contributed by atoms with Crippen LogP contribution in [0.25, 0.3) is 21.7 Å². The maximum Gasteiger partial charge on any atom is 0.357 e. The molecule has 0 aliphatic heterocycles. The van der Waals surface area contributed by atoms with Crippen LogP contribution in [-0.4, -0.2) is 29.1 Å². The summed E-state index contributed by atoms with van der Waals surface area (Å²) in [4.78, 5) is 30.0.